The Kier molecular flexibility index (Phi) is 6.32. The fraction of sp³-hybridized carbons (Fsp3) is 0.769. The summed E-state index contributed by atoms with van der Waals surface area (Å²) in [5.41, 5.74) is 5.80. The molecule has 0 aliphatic carbocycles. The molecule has 1 saturated heterocycles. The van der Waals surface area contributed by atoms with Gasteiger partial charge >= 0.3 is 0 Å². The fourth-order valence-corrected chi connectivity index (χ4v) is 2.46. The lowest BCUT2D eigenvalue weighted by Crippen LogP contribution is -2.56. The third-order valence-electron chi connectivity index (χ3n) is 3.62. The van der Waals surface area contributed by atoms with Crippen LogP contribution in [0.2, 0.25) is 0 Å². The number of carbonyl (C=O) groups excluding carboxylic acids is 1. The molecule has 0 aromatic carbocycles. The molecule has 104 valence electrons. The van der Waals surface area contributed by atoms with Crippen LogP contribution < -0.4 is 11.1 Å². The van der Waals surface area contributed by atoms with E-state index in [1.54, 1.807) is 13.2 Å². The standard InChI is InChI=1S/C13H25N3O2/c1-4-6-15-13(17)10(2)16-7-5-12(18-3)8-11(16)9-14/h4,10-12H,1,5-9,14H2,2-3H3,(H,15,17). The lowest BCUT2D eigenvalue weighted by atomic mass is 9.97. The molecule has 1 rings (SSSR count). The highest BCUT2D eigenvalue weighted by atomic mass is 16.5. The Morgan fingerprint density at radius 1 is 1.72 bits per heavy atom. The highest BCUT2D eigenvalue weighted by Crippen LogP contribution is 2.21. The van der Waals surface area contributed by atoms with E-state index in [9.17, 15) is 4.79 Å². The maximum atomic E-state index is 11.9. The molecule has 1 heterocycles. The van der Waals surface area contributed by atoms with Crippen molar-refractivity contribution in [3.8, 4) is 0 Å². The van der Waals surface area contributed by atoms with Gasteiger partial charge in [-0.2, -0.15) is 0 Å². The Morgan fingerprint density at radius 2 is 2.44 bits per heavy atom. The minimum absolute atomic E-state index is 0.0317. The maximum Gasteiger partial charge on any atom is 0.237 e. The van der Waals surface area contributed by atoms with E-state index in [0.717, 1.165) is 19.4 Å². The summed E-state index contributed by atoms with van der Waals surface area (Å²) in [5.74, 6) is 0.0317. The third kappa shape index (κ3) is 3.80. The number of hydrogen-bond acceptors (Lipinski definition) is 4. The molecule has 18 heavy (non-hydrogen) atoms. The number of likely N-dealkylation sites (tertiary alicyclic amines) is 1. The molecule has 1 fully saturated rings. The number of rotatable bonds is 6. The number of methoxy groups -OCH3 is 1. The lowest BCUT2D eigenvalue weighted by Gasteiger charge is -2.41. The van der Waals surface area contributed by atoms with E-state index in [4.69, 9.17) is 10.5 Å². The molecule has 0 spiro atoms. The van der Waals surface area contributed by atoms with Crippen molar-refractivity contribution in [3.63, 3.8) is 0 Å². The van der Waals surface area contributed by atoms with Gasteiger partial charge in [-0.1, -0.05) is 6.08 Å². The first-order chi connectivity index (χ1) is 8.63. The number of ether oxygens (including phenoxy) is 1. The molecule has 3 atom stereocenters. The average molecular weight is 255 g/mol. The lowest BCUT2D eigenvalue weighted by molar-refractivity contribution is -0.128. The third-order valence-corrected chi connectivity index (χ3v) is 3.62. The summed E-state index contributed by atoms with van der Waals surface area (Å²) in [6, 6.07) is 0.0597. The Balaban J connectivity index is 2.57. The molecule has 1 amide bonds. The van der Waals surface area contributed by atoms with Gasteiger partial charge in [0.05, 0.1) is 12.1 Å². The molecule has 1 aliphatic rings. The van der Waals surface area contributed by atoms with Crippen molar-refractivity contribution in [3.05, 3.63) is 12.7 Å². The van der Waals surface area contributed by atoms with Crippen LogP contribution in [0.3, 0.4) is 0 Å². The van der Waals surface area contributed by atoms with Crippen molar-refractivity contribution in [1.82, 2.24) is 10.2 Å². The molecule has 3 unspecified atom stereocenters. The molecule has 0 saturated carbocycles. The SMILES string of the molecule is C=CCNC(=O)C(C)N1CCC(OC)CC1CN. The number of carbonyl (C=O) groups is 1. The van der Waals surface area contributed by atoms with Crippen molar-refractivity contribution in [2.75, 3.05) is 26.7 Å². The summed E-state index contributed by atoms with van der Waals surface area (Å²) >= 11 is 0. The molecule has 0 aromatic heterocycles. The van der Waals surface area contributed by atoms with Crippen LogP contribution in [-0.4, -0.2) is 55.7 Å². The molecule has 0 bridgehead atoms. The van der Waals surface area contributed by atoms with E-state index in [1.165, 1.54) is 0 Å². The molecular weight excluding hydrogens is 230 g/mol. The highest BCUT2D eigenvalue weighted by Gasteiger charge is 2.33. The second-order valence-electron chi connectivity index (χ2n) is 4.72. The molecule has 3 N–H and O–H groups in total. The van der Waals surface area contributed by atoms with Gasteiger partial charge in [0.2, 0.25) is 5.91 Å². The topological polar surface area (TPSA) is 67.6 Å². The Bertz CT molecular complexity index is 283. The van der Waals surface area contributed by atoms with E-state index < -0.39 is 0 Å². The van der Waals surface area contributed by atoms with Crippen LogP contribution in [0.25, 0.3) is 0 Å². The van der Waals surface area contributed by atoms with Gasteiger partial charge in [0.25, 0.3) is 0 Å². The van der Waals surface area contributed by atoms with Gasteiger partial charge < -0.3 is 15.8 Å². The average Bonchev–Trinajstić information content (AvgIpc) is 2.43. The molecule has 0 aromatic rings. The van der Waals surface area contributed by atoms with Gasteiger partial charge in [0.15, 0.2) is 0 Å². The zero-order chi connectivity index (χ0) is 13.5. The molecule has 5 nitrogen and oxygen atoms in total. The van der Waals surface area contributed by atoms with Gasteiger partial charge in [-0.3, -0.25) is 9.69 Å². The fourth-order valence-electron chi connectivity index (χ4n) is 2.46. The Hall–Kier alpha value is -0.910. The van der Waals surface area contributed by atoms with E-state index in [1.807, 2.05) is 6.92 Å². The summed E-state index contributed by atoms with van der Waals surface area (Å²) < 4.78 is 5.38. The van der Waals surface area contributed by atoms with Gasteiger partial charge in [-0.25, -0.2) is 0 Å². The summed E-state index contributed by atoms with van der Waals surface area (Å²) in [4.78, 5) is 14.1. The smallest absolute Gasteiger partial charge is 0.237 e. The summed E-state index contributed by atoms with van der Waals surface area (Å²) in [7, 11) is 1.73. The predicted octanol–water partition coefficient (Wildman–Crippen LogP) is 0.115. The van der Waals surface area contributed by atoms with Crippen molar-refractivity contribution in [2.45, 2.75) is 38.0 Å². The number of nitrogens with one attached hydrogen (secondary N) is 1. The van der Waals surface area contributed by atoms with Crippen LogP contribution in [0.5, 0.6) is 0 Å². The molecule has 5 heteroatoms. The molecule has 0 radical (unpaired) electrons. The predicted molar refractivity (Wildman–Crippen MR) is 72.2 cm³/mol. The van der Waals surface area contributed by atoms with Crippen LogP contribution in [0.1, 0.15) is 19.8 Å². The zero-order valence-electron chi connectivity index (χ0n) is 11.4. The second kappa shape index (κ2) is 7.51. The summed E-state index contributed by atoms with van der Waals surface area (Å²) in [6.45, 7) is 7.43. The Labute approximate surface area is 109 Å². The van der Waals surface area contributed by atoms with Gasteiger partial charge in [0, 0.05) is 32.8 Å². The quantitative estimate of drug-likeness (QED) is 0.661. The minimum atomic E-state index is -0.156. The number of hydrogen-bond donors (Lipinski definition) is 2. The van der Waals surface area contributed by atoms with Crippen LogP contribution in [-0.2, 0) is 9.53 Å². The van der Waals surface area contributed by atoms with E-state index in [2.05, 4.69) is 16.8 Å². The minimum Gasteiger partial charge on any atom is -0.381 e. The monoisotopic (exact) mass is 255 g/mol. The maximum absolute atomic E-state index is 11.9. The Morgan fingerprint density at radius 3 is 3.00 bits per heavy atom. The van der Waals surface area contributed by atoms with Gasteiger partial charge in [0.1, 0.15) is 0 Å². The largest absolute Gasteiger partial charge is 0.381 e. The van der Waals surface area contributed by atoms with Gasteiger partial charge in [-0.15, -0.1) is 6.58 Å². The van der Waals surface area contributed by atoms with Crippen molar-refractivity contribution in [1.29, 1.82) is 0 Å². The number of nitrogens with two attached hydrogens (primary N) is 1. The number of amides is 1. The zero-order valence-corrected chi connectivity index (χ0v) is 11.4. The first-order valence-electron chi connectivity index (χ1n) is 6.51. The highest BCUT2D eigenvalue weighted by molar-refractivity contribution is 5.81. The molecular formula is C13H25N3O2. The van der Waals surface area contributed by atoms with E-state index in [-0.39, 0.29) is 24.1 Å². The number of nitrogens with zero attached hydrogens (tertiary/aromatic N) is 1. The number of piperidine rings is 1. The first kappa shape index (κ1) is 15.1. The molecule has 1 aliphatic heterocycles. The van der Waals surface area contributed by atoms with E-state index in [0.29, 0.717) is 13.1 Å². The van der Waals surface area contributed by atoms with Crippen LogP contribution >= 0.6 is 0 Å². The summed E-state index contributed by atoms with van der Waals surface area (Å²) in [6.07, 6.45) is 3.79. The first-order valence-corrected chi connectivity index (χ1v) is 6.51. The summed E-state index contributed by atoms with van der Waals surface area (Å²) in [5, 5.41) is 2.83. The second-order valence-corrected chi connectivity index (χ2v) is 4.72. The van der Waals surface area contributed by atoms with Crippen LogP contribution in [0.4, 0.5) is 0 Å². The normalized spacial score (nSPS) is 26.6. The van der Waals surface area contributed by atoms with Crippen molar-refractivity contribution in [2.24, 2.45) is 5.73 Å². The van der Waals surface area contributed by atoms with Crippen LogP contribution in [0.15, 0.2) is 12.7 Å². The van der Waals surface area contributed by atoms with Gasteiger partial charge in [-0.05, 0) is 19.8 Å². The van der Waals surface area contributed by atoms with Crippen LogP contribution in [0, 0.1) is 0 Å². The van der Waals surface area contributed by atoms with Crippen molar-refractivity contribution >= 4 is 5.91 Å². The van der Waals surface area contributed by atoms with Crippen molar-refractivity contribution < 1.29 is 9.53 Å². The van der Waals surface area contributed by atoms with E-state index >= 15 is 0 Å².